The second-order valence-corrected chi connectivity index (χ2v) is 9.14. The molecular weight excluding hydrogens is 414 g/mol. The van der Waals surface area contributed by atoms with Crippen LogP contribution in [0, 0.1) is 6.92 Å². The number of carbonyl (C=O) groups excluding carboxylic acids is 1. The maximum Gasteiger partial charge on any atom is 0.241 e. The molecule has 7 heteroatoms. The molecule has 0 bridgehead atoms. The SMILES string of the molecule is Cc1ccc(-c2noc(CN3CCN(CC(=O)NC4CCCc5ccccc54)CC3)n2)cc1. The molecule has 0 spiro atoms. The van der Waals surface area contributed by atoms with Crippen molar-refractivity contribution >= 4 is 5.91 Å². The smallest absolute Gasteiger partial charge is 0.241 e. The molecule has 1 fully saturated rings. The van der Waals surface area contributed by atoms with Crippen LogP contribution in [-0.4, -0.2) is 58.6 Å². The normalized spacial score (nSPS) is 19.2. The van der Waals surface area contributed by atoms with Gasteiger partial charge >= 0.3 is 0 Å². The second kappa shape index (κ2) is 9.85. The number of piperazine rings is 1. The third-order valence-corrected chi connectivity index (χ3v) is 6.67. The fourth-order valence-electron chi connectivity index (χ4n) is 4.78. The van der Waals surface area contributed by atoms with Crippen LogP contribution in [0.3, 0.4) is 0 Å². The number of rotatable bonds is 6. The number of aromatic nitrogens is 2. The molecule has 33 heavy (non-hydrogen) atoms. The van der Waals surface area contributed by atoms with Crippen molar-refractivity contribution in [2.45, 2.75) is 38.8 Å². The van der Waals surface area contributed by atoms with E-state index in [1.54, 1.807) is 0 Å². The van der Waals surface area contributed by atoms with Crippen molar-refractivity contribution in [2.24, 2.45) is 0 Å². The highest BCUT2D eigenvalue weighted by Gasteiger charge is 2.24. The monoisotopic (exact) mass is 445 g/mol. The van der Waals surface area contributed by atoms with Crippen LogP contribution in [0.4, 0.5) is 0 Å². The summed E-state index contributed by atoms with van der Waals surface area (Å²) in [5, 5.41) is 7.40. The number of fused-ring (bicyclic) bond motifs is 1. The van der Waals surface area contributed by atoms with Gasteiger partial charge in [0.25, 0.3) is 0 Å². The summed E-state index contributed by atoms with van der Waals surface area (Å²) < 4.78 is 5.48. The Morgan fingerprint density at radius 2 is 1.82 bits per heavy atom. The van der Waals surface area contributed by atoms with Crippen LogP contribution in [0.5, 0.6) is 0 Å². The van der Waals surface area contributed by atoms with Crippen LogP contribution in [0.1, 0.15) is 41.5 Å². The van der Waals surface area contributed by atoms with Gasteiger partial charge in [0.2, 0.25) is 17.6 Å². The van der Waals surface area contributed by atoms with Crippen LogP contribution in [0.15, 0.2) is 53.1 Å². The van der Waals surface area contributed by atoms with Crippen molar-refractivity contribution in [1.82, 2.24) is 25.3 Å². The van der Waals surface area contributed by atoms with Crippen LogP contribution in [-0.2, 0) is 17.8 Å². The van der Waals surface area contributed by atoms with Crippen LogP contribution >= 0.6 is 0 Å². The standard InChI is InChI=1S/C26H31N5O2/c1-19-9-11-21(12-10-19)26-28-25(33-29-26)18-31-15-13-30(14-16-31)17-24(32)27-23-8-4-6-20-5-2-3-7-22(20)23/h2-3,5,7,9-12,23H,4,6,8,13-18H2,1H3,(H,27,32). The Kier molecular flexibility index (Phi) is 6.51. The largest absolute Gasteiger partial charge is 0.348 e. The average Bonchev–Trinajstić information content (AvgIpc) is 3.29. The summed E-state index contributed by atoms with van der Waals surface area (Å²) in [6.45, 7) is 6.61. The Bertz CT molecular complexity index is 1090. The van der Waals surface area contributed by atoms with Crippen LogP contribution < -0.4 is 5.32 Å². The highest BCUT2D eigenvalue weighted by Crippen LogP contribution is 2.29. The first-order valence-electron chi connectivity index (χ1n) is 11.9. The summed E-state index contributed by atoms with van der Waals surface area (Å²) in [5.74, 6) is 1.38. The van der Waals surface area contributed by atoms with E-state index in [1.807, 2.05) is 24.3 Å². The molecule has 0 radical (unpaired) electrons. The lowest BCUT2D eigenvalue weighted by Gasteiger charge is -2.34. The predicted molar refractivity (Wildman–Crippen MR) is 126 cm³/mol. The number of hydrogen-bond donors (Lipinski definition) is 1. The van der Waals surface area contributed by atoms with Gasteiger partial charge in [-0.2, -0.15) is 4.98 Å². The Morgan fingerprint density at radius 3 is 2.64 bits per heavy atom. The predicted octanol–water partition coefficient (Wildman–Crippen LogP) is 3.36. The number of aryl methyl sites for hydroxylation is 2. The molecule has 7 nitrogen and oxygen atoms in total. The highest BCUT2D eigenvalue weighted by molar-refractivity contribution is 5.78. The fourth-order valence-corrected chi connectivity index (χ4v) is 4.78. The molecule has 1 aliphatic heterocycles. The molecule has 172 valence electrons. The van der Waals surface area contributed by atoms with Gasteiger partial charge in [0.1, 0.15) is 0 Å². The molecule has 1 atom stereocenters. The van der Waals surface area contributed by atoms with Crippen molar-refractivity contribution in [1.29, 1.82) is 0 Å². The van der Waals surface area contributed by atoms with Crippen LogP contribution in [0.2, 0.25) is 0 Å². The van der Waals surface area contributed by atoms with Crippen molar-refractivity contribution in [3.8, 4) is 11.4 Å². The van der Waals surface area contributed by atoms with E-state index >= 15 is 0 Å². The molecule has 3 aromatic rings. The molecule has 1 N–H and O–H groups in total. The summed E-state index contributed by atoms with van der Waals surface area (Å²) >= 11 is 0. The third kappa shape index (κ3) is 5.31. The van der Waals surface area contributed by atoms with Crippen molar-refractivity contribution in [2.75, 3.05) is 32.7 Å². The number of nitrogens with one attached hydrogen (secondary N) is 1. The Labute approximate surface area is 194 Å². The van der Waals surface area contributed by atoms with Gasteiger partial charge in [0, 0.05) is 31.7 Å². The third-order valence-electron chi connectivity index (χ3n) is 6.67. The van der Waals surface area contributed by atoms with Crippen molar-refractivity contribution < 1.29 is 9.32 Å². The maximum atomic E-state index is 12.7. The van der Waals surface area contributed by atoms with E-state index in [4.69, 9.17) is 4.52 Å². The van der Waals surface area contributed by atoms with Gasteiger partial charge in [-0.05, 0) is 37.3 Å². The zero-order chi connectivity index (χ0) is 22.6. The van der Waals surface area contributed by atoms with E-state index in [-0.39, 0.29) is 11.9 Å². The molecule has 5 rings (SSSR count). The number of carbonyl (C=O) groups is 1. The summed E-state index contributed by atoms with van der Waals surface area (Å²) in [6.07, 6.45) is 3.25. The molecule has 1 aliphatic carbocycles. The van der Waals surface area contributed by atoms with Gasteiger partial charge in [0.05, 0.1) is 19.1 Å². The highest BCUT2D eigenvalue weighted by atomic mass is 16.5. The average molecular weight is 446 g/mol. The number of benzene rings is 2. The summed E-state index contributed by atoms with van der Waals surface area (Å²) in [4.78, 5) is 21.8. The first kappa shape index (κ1) is 21.8. The Balaban J connectivity index is 1.09. The summed E-state index contributed by atoms with van der Waals surface area (Å²) in [5.41, 5.74) is 4.82. The van der Waals surface area contributed by atoms with Gasteiger partial charge in [-0.25, -0.2) is 0 Å². The number of hydrogen-bond acceptors (Lipinski definition) is 6. The first-order chi connectivity index (χ1) is 16.1. The fraction of sp³-hybridized carbons (Fsp3) is 0.423. The van der Waals surface area contributed by atoms with E-state index in [0.29, 0.717) is 24.8 Å². The number of amides is 1. The minimum Gasteiger partial charge on any atom is -0.348 e. The molecular formula is C26H31N5O2. The zero-order valence-electron chi connectivity index (χ0n) is 19.2. The minimum absolute atomic E-state index is 0.116. The van der Waals surface area contributed by atoms with Gasteiger partial charge in [-0.3, -0.25) is 14.6 Å². The van der Waals surface area contributed by atoms with Crippen molar-refractivity contribution in [3.63, 3.8) is 0 Å². The quantitative estimate of drug-likeness (QED) is 0.627. The van der Waals surface area contributed by atoms with Crippen molar-refractivity contribution in [3.05, 3.63) is 71.1 Å². The zero-order valence-corrected chi connectivity index (χ0v) is 19.2. The lowest BCUT2D eigenvalue weighted by Crippen LogP contribution is -2.49. The number of nitrogens with zero attached hydrogens (tertiary/aromatic N) is 4. The van der Waals surface area contributed by atoms with E-state index in [2.05, 4.69) is 56.4 Å². The molecule has 1 aromatic heterocycles. The Morgan fingerprint density at radius 1 is 1.06 bits per heavy atom. The molecule has 2 aliphatic rings. The first-order valence-corrected chi connectivity index (χ1v) is 11.9. The van der Waals surface area contributed by atoms with E-state index < -0.39 is 0 Å². The lowest BCUT2D eigenvalue weighted by atomic mass is 9.88. The minimum atomic E-state index is 0.116. The van der Waals surface area contributed by atoms with E-state index in [1.165, 1.54) is 16.7 Å². The van der Waals surface area contributed by atoms with Gasteiger partial charge in [-0.15, -0.1) is 0 Å². The second-order valence-electron chi connectivity index (χ2n) is 9.14. The van der Waals surface area contributed by atoms with Gasteiger partial charge < -0.3 is 9.84 Å². The maximum absolute atomic E-state index is 12.7. The van der Waals surface area contributed by atoms with Crippen LogP contribution in [0.25, 0.3) is 11.4 Å². The molecule has 0 saturated carbocycles. The molecule has 1 unspecified atom stereocenters. The van der Waals surface area contributed by atoms with E-state index in [9.17, 15) is 4.79 Å². The lowest BCUT2D eigenvalue weighted by molar-refractivity contribution is -0.123. The van der Waals surface area contributed by atoms with E-state index in [0.717, 1.165) is 51.0 Å². The van der Waals surface area contributed by atoms with Gasteiger partial charge in [0.15, 0.2) is 0 Å². The molecule has 1 saturated heterocycles. The topological polar surface area (TPSA) is 74.5 Å². The molecule has 1 amide bonds. The summed E-state index contributed by atoms with van der Waals surface area (Å²) in [6, 6.07) is 16.8. The molecule has 2 aromatic carbocycles. The van der Waals surface area contributed by atoms with Gasteiger partial charge in [-0.1, -0.05) is 59.3 Å². The Hall–Kier alpha value is -3.03. The molecule has 2 heterocycles. The summed E-state index contributed by atoms with van der Waals surface area (Å²) in [7, 11) is 0.